The van der Waals surface area contributed by atoms with E-state index in [4.69, 9.17) is 14.7 Å². The third kappa shape index (κ3) is 5.02. The van der Waals surface area contributed by atoms with Crippen LogP contribution in [0.4, 0.5) is 5.13 Å². The smallest absolute Gasteiger partial charge is 0.260 e. The number of para-hydroxylation sites is 2. The number of carbonyl (C=O) groups is 1. The van der Waals surface area contributed by atoms with Gasteiger partial charge in [0, 0.05) is 31.6 Å². The molecule has 0 radical (unpaired) electrons. The molecule has 0 bridgehead atoms. The molecule has 6 rings (SSSR count). The van der Waals surface area contributed by atoms with E-state index < -0.39 is 0 Å². The molecule has 0 atom stereocenters. The zero-order chi connectivity index (χ0) is 25.2. The SMILES string of the molecule is Cc1cccc2sc(N(CCCN3CCOCC3)C(=O)c3cc(-c4cccs4)nc4ccccc34)nc12. The summed E-state index contributed by atoms with van der Waals surface area (Å²) in [7, 11) is 0. The Morgan fingerprint density at radius 1 is 1.05 bits per heavy atom. The van der Waals surface area contributed by atoms with Gasteiger partial charge in [-0.1, -0.05) is 47.7 Å². The summed E-state index contributed by atoms with van der Waals surface area (Å²) in [4.78, 5) is 29.5. The van der Waals surface area contributed by atoms with Gasteiger partial charge < -0.3 is 4.74 Å². The molecule has 1 amide bonds. The highest BCUT2D eigenvalue weighted by Crippen LogP contribution is 2.34. The number of nitrogens with zero attached hydrogens (tertiary/aromatic N) is 4. The lowest BCUT2D eigenvalue weighted by atomic mass is 10.1. The van der Waals surface area contributed by atoms with Gasteiger partial charge in [-0.2, -0.15) is 0 Å². The van der Waals surface area contributed by atoms with Crippen molar-refractivity contribution >= 4 is 54.8 Å². The van der Waals surface area contributed by atoms with Crippen molar-refractivity contribution in [2.24, 2.45) is 0 Å². The van der Waals surface area contributed by atoms with E-state index in [0.717, 1.165) is 81.7 Å². The number of fused-ring (bicyclic) bond motifs is 2. The van der Waals surface area contributed by atoms with Crippen molar-refractivity contribution in [3.63, 3.8) is 0 Å². The van der Waals surface area contributed by atoms with Crippen LogP contribution < -0.4 is 4.90 Å². The van der Waals surface area contributed by atoms with Crippen LogP contribution in [0.25, 0.3) is 31.7 Å². The molecule has 0 N–H and O–H groups in total. The predicted octanol–water partition coefficient (Wildman–Crippen LogP) is 6.25. The highest BCUT2D eigenvalue weighted by molar-refractivity contribution is 7.22. The number of amides is 1. The van der Waals surface area contributed by atoms with Crippen LogP contribution in [0.1, 0.15) is 22.3 Å². The average Bonchev–Trinajstić information content (AvgIpc) is 3.62. The van der Waals surface area contributed by atoms with Gasteiger partial charge in [-0.05, 0) is 48.6 Å². The van der Waals surface area contributed by atoms with Gasteiger partial charge in [0.2, 0.25) is 0 Å². The van der Waals surface area contributed by atoms with Gasteiger partial charge in [-0.15, -0.1) is 11.3 Å². The average molecular weight is 529 g/mol. The molecule has 8 heteroatoms. The van der Waals surface area contributed by atoms with E-state index >= 15 is 0 Å². The quantitative estimate of drug-likeness (QED) is 0.250. The molecule has 0 aliphatic carbocycles. The molecule has 1 saturated heterocycles. The number of thiazole rings is 1. The van der Waals surface area contributed by atoms with Crippen molar-refractivity contribution in [1.29, 1.82) is 0 Å². The summed E-state index contributed by atoms with van der Waals surface area (Å²) in [5.41, 5.74) is 4.40. The summed E-state index contributed by atoms with van der Waals surface area (Å²) in [6, 6.07) is 20.1. The third-order valence-electron chi connectivity index (χ3n) is 6.77. The molecule has 3 aromatic heterocycles. The van der Waals surface area contributed by atoms with Crippen LogP contribution in [0, 0.1) is 6.92 Å². The third-order valence-corrected chi connectivity index (χ3v) is 8.70. The Bertz CT molecular complexity index is 1540. The summed E-state index contributed by atoms with van der Waals surface area (Å²) in [5, 5.41) is 3.65. The van der Waals surface area contributed by atoms with Crippen molar-refractivity contribution in [2.75, 3.05) is 44.3 Å². The molecular formula is C29H28N4O2S2. The van der Waals surface area contributed by atoms with Crippen LogP contribution in [0.5, 0.6) is 0 Å². The Kier molecular flexibility index (Phi) is 6.97. The van der Waals surface area contributed by atoms with Crippen LogP contribution in [-0.2, 0) is 4.74 Å². The lowest BCUT2D eigenvalue weighted by molar-refractivity contribution is 0.0376. The van der Waals surface area contributed by atoms with E-state index in [1.54, 1.807) is 22.7 Å². The minimum absolute atomic E-state index is 0.0323. The number of aromatic nitrogens is 2. The van der Waals surface area contributed by atoms with Crippen LogP contribution in [0.3, 0.4) is 0 Å². The molecule has 0 unspecified atom stereocenters. The first-order valence-corrected chi connectivity index (χ1v) is 14.3. The van der Waals surface area contributed by atoms with Crippen LogP contribution in [0.2, 0.25) is 0 Å². The van der Waals surface area contributed by atoms with E-state index in [0.29, 0.717) is 12.1 Å². The lowest BCUT2D eigenvalue weighted by Gasteiger charge is -2.28. The number of morpholine rings is 1. The standard InChI is InChI=1S/C29H28N4O2S2/c1-20-7-4-10-26-27(20)31-29(37-26)33(13-6-12-32-14-16-35-17-15-32)28(34)22-19-24(25-11-5-18-36-25)30-23-9-3-2-8-21(22)23/h2-5,7-11,18-19H,6,12-17H2,1H3. The summed E-state index contributed by atoms with van der Waals surface area (Å²) in [5.74, 6) is -0.0323. The van der Waals surface area contributed by atoms with Crippen molar-refractivity contribution in [3.05, 3.63) is 77.2 Å². The van der Waals surface area contributed by atoms with E-state index in [-0.39, 0.29) is 5.91 Å². The van der Waals surface area contributed by atoms with E-state index in [1.807, 2.05) is 58.8 Å². The molecule has 1 aliphatic rings. The Morgan fingerprint density at radius 3 is 2.73 bits per heavy atom. The molecule has 1 fully saturated rings. The summed E-state index contributed by atoms with van der Waals surface area (Å²) in [6.45, 7) is 7.01. The van der Waals surface area contributed by atoms with Crippen LogP contribution in [-0.4, -0.2) is 60.2 Å². The minimum Gasteiger partial charge on any atom is -0.379 e. The molecule has 37 heavy (non-hydrogen) atoms. The van der Waals surface area contributed by atoms with Gasteiger partial charge in [0.05, 0.1) is 45.1 Å². The molecule has 0 saturated carbocycles. The highest BCUT2D eigenvalue weighted by Gasteiger charge is 2.25. The summed E-state index contributed by atoms with van der Waals surface area (Å²) < 4.78 is 6.60. The first-order valence-electron chi connectivity index (χ1n) is 12.6. The van der Waals surface area contributed by atoms with E-state index in [2.05, 4.69) is 24.0 Å². The first-order chi connectivity index (χ1) is 18.2. The second-order valence-corrected chi connectivity index (χ2v) is 11.2. The van der Waals surface area contributed by atoms with Crippen molar-refractivity contribution < 1.29 is 9.53 Å². The van der Waals surface area contributed by atoms with E-state index in [1.165, 1.54) is 0 Å². The molecule has 2 aromatic carbocycles. The molecule has 4 heterocycles. The van der Waals surface area contributed by atoms with Gasteiger partial charge in [0.1, 0.15) is 0 Å². The molecule has 6 nitrogen and oxygen atoms in total. The van der Waals surface area contributed by atoms with E-state index in [9.17, 15) is 4.79 Å². The number of carbonyl (C=O) groups excluding carboxylic acids is 1. The number of thiophene rings is 1. The molecule has 0 spiro atoms. The molecule has 5 aromatic rings. The lowest BCUT2D eigenvalue weighted by Crippen LogP contribution is -2.39. The monoisotopic (exact) mass is 528 g/mol. The topological polar surface area (TPSA) is 58.6 Å². The minimum atomic E-state index is -0.0323. The Hall–Kier alpha value is -3.17. The summed E-state index contributed by atoms with van der Waals surface area (Å²) in [6.07, 6.45) is 0.863. The van der Waals surface area contributed by atoms with Crippen LogP contribution >= 0.6 is 22.7 Å². The second kappa shape index (κ2) is 10.7. The predicted molar refractivity (Wildman–Crippen MR) is 153 cm³/mol. The zero-order valence-corrected chi connectivity index (χ0v) is 22.4. The number of hydrogen-bond acceptors (Lipinski definition) is 7. The number of pyridine rings is 1. The van der Waals surface area contributed by atoms with Gasteiger partial charge in [-0.3, -0.25) is 14.6 Å². The van der Waals surface area contributed by atoms with Gasteiger partial charge in [0.25, 0.3) is 5.91 Å². The van der Waals surface area contributed by atoms with Gasteiger partial charge in [-0.25, -0.2) is 9.97 Å². The number of anilines is 1. The second-order valence-electron chi connectivity index (χ2n) is 9.23. The number of rotatable bonds is 7. The fraction of sp³-hybridized carbons (Fsp3) is 0.276. The summed E-state index contributed by atoms with van der Waals surface area (Å²) >= 11 is 3.21. The number of hydrogen-bond donors (Lipinski definition) is 0. The fourth-order valence-corrected chi connectivity index (χ4v) is 6.55. The largest absolute Gasteiger partial charge is 0.379 e. The Morgan fingerprint density at radius 2 is 1.92 bits per heavy atom. The Balaban J connectivity index is 1.40. The maximum atomic E-state index is 14.4. The molecular weight excluding hydrogens is 500 g/mol. The maximum Gasteiger partial charge on any atom is 0.260 e. The zero-order valence-electron chi connectivity index (χ0n) is 20.7. The first kappa shape index (κ1) is 24.2. The normalized spacial score (nSPS) is 14.4. The van der Waals surface area contributed by atoms with Crippen molar-refractivity contribution in [2.45, 2.75) is 13.3 Å². The molecule has 188 valence electrons. The number of ether oxygens (including phenoxy) is 1. The Labute approximate surface area is 224 Å². The maximum absolute atomic E-state index is 14.4. The van der Waals surface area contributed by atoms with Crippen molar-refractivity contribution in [1.82, 2.24) is 14.9 Å². The highest BCUT2D eigenvalue weighted by atomic mass is 32.1. The van der Waals surface area contributed by atoms with Crippen molar-refractivity contribution in [3.8, 4) is 10.6 Å². The van der Waals surface area contributed by atoms with Crippen LogP contribution in [0.15, 0.2) is 66.0 Å². The fourth-order valence-electron chi connectivity index (χ4n) is 4.80. The van der Waals surface area contributed by atoms with Gasteiger partial charge in [0.15, 0.2) is 5.13 Å². The van der Waals surface area contributed by atoms with Gasteiger partial charge >= 0.3 is 0 Å². The number of aryl methyl sites for hydroxylation is 1. The molecule has 1 aliphatic heterocycles. The number of benzene rings is 2.